The lowest BCUT2D eigenvalue weighted by atomic mass is 10.0. The molecule has 0 fully saturated rings. The second-order valence-electron chi connectivity index (χ2n) is 4.67. The van der Waals surface area contributed by atoms with E-state index in [0.717, 1.165) is 22.4 Å². The van der Waals surface area contributed by atoms with Crippen LogP contribution in [0.5, 0.6) is 11.5 Å². The van der Waals surface area contributed by atoms with Crippen molar-refractivity contribution in [3.63, 3.8) is 0 Å². The Hall–Kier alpha value is -1.00. The van der Waals surface area contributed by atoms with E-state index in [4.69, 9.17) is 9.47 Å². The lowest BCUT2D eigenvalue weighted by molar-refractivity contribution is 0.340. The fraction of sp³-hybridized carbons (Fsp3) is 0.294. The Labute approximate surface area is 145 Å². The molecule has 0 aliphatic carbocycles. The number of methoxy groups -OCH3 is 1. The third-order valence-corrected chi connectivity index (χ3v) is 3.86. The van der Waals surface area contributed by atoms with Crippen LogP contribution in [0.25, 0.3) is 0 Å². The van der Waals surface area contributed by atoms with Gasteiger partial charge in [-0.15, -0.1) is 17.0 Å². The Morgan fingerprint density at radius 2 is 1.76 bits per heavy atom. The molecule has 0 N–H and O–H groups in total. The van der Waals surface area contributed by atoms with E-state index in [1.54, 1.807) is 7.11 Å². The first kappa shape index (κ1) is 18.1. The van der Waals surface area contributed by atoms with Gasteiger partial charge in [-0.05, 0) is 77.2 Å². The average molecular weight is 416 g/mol. The summed E-state index contributed by atoms with van der Waals surface area (Å²) in [6, 6.07) is 12.5. The SMILES string of the molecule is Br.CCOc1ccc(Cc2cc(Br)c(OC)cc2C)cc1. The summed E-state index contributed by atoms with van der Waals surface area (Å²) in [5.41, 5.74) is 3.80. The van der Waals surface area contributed by atoms with Crippen molar-refractivity contribution < 1.29 is 9.47 Å². The summed E-state index contributed by atoms with van der Waals surface area (Å²) >= 11 is 3.54. The zero-order valence-electron chi connectivity index (χ0n) is 12.5. The van der Waals surface area contributed by atoms with Crippen molar-refractivity contribution in [1.29, 1.82) is 0 Å². The van der Waals surface area contributed by atoms with Gasteiger partial charge in [0.15, 0.2) is 0 Å². The van der Waals surface area contributed by atoms with E-state index < -0.39 is 0 Å². The highest BCUT2D eigenvalue weighted by Gasteiger charge is 2.07. The topological polar surface area (TPSA) is 18.5 Å². The minimum atomic E-state index is 0. The lowest BCUT2D eigenvalue weighted by Crippen LogP contribution is -1.95. The highest BCUT2D eigenvalue weighted by atomic mass is 79.9. The number of ether oxygens (including phenoxy) is 2. The third kappa shape index (κ3) is 4.75. The zero-order chi connectivity index (χ0) is 14.5. The van der Waals surface area contributed by atoms with Gasteiger partial charge in [0.2, 0.25) is 0 Å². The minimum Gasteiger partial charge on any atom is -0.496 e. The van der Waals surface area contributed by atoms with E-state index >= 15 is 0 Å². The van der Waals surface area contributed by atoms with Crippen LogP contribution < -0.4 is 9.47 Å². The van der Waals surface area contributed by atoms with Gasteiger partial charge in [0.05, 0.1) is 18.2 Å². The molecule has 0 aliphatic heterocycles. The first-order valence-electron chi connectivity index (χ1n) is 6.68. The molecule has 0 amide bonds. The molecule has 0 radical (unpaired) electrons. The van der Waals surface area contributed by atoms with Crippen molar-refractivity contribution in [2.75, 3.05) is 13.7 Å². The third-order valence-electron chi connectivity index (χ3n) is 3.24. The first-order valence-corrected chi connectivity index (χ1v) is 7.48. The fourth-order valence-corrected chi connectivity index (χ4v) is 2.69. The van der Waals surface area contributed by atoms with Crippen LogP contribution in [0.1, 0.15) is 23.6 Å². The largest absolute Gasteiger partial charge is 0.496 e. The molecule has 0 heterocycles. The number of aryl methyl sites for hydroxylation is 1. The smallest absolute Gasteiger partial charge is 0.133 e. The minimum absolute atomic E-state index is 0. The van der Waals surface area contributed by atoms with Gasteiger partial charge in [-0.1, -0.05) is 12.1 Å². The molecule has 4 heteroatoms. The van der Waals surface area contributed by atoms with Crippen LogP contribution >= 0.6 is 32.9 Å². The molecule has 0 unspecified atom stereocenters. The molecular weight excluding hydrogens is 396 g/mol. The number of benzene rings is 2. The van der Waals surface area contributed by atoms with Crippen molar-refractivity contribution in [3.8, 4) is 11.5 Å². The Morgan fingerprint density at radius 1 is 1.10 bits per heavy atom. The van der Waals surface area contributed by atoms with Crippen molar-refractivity contribution >= 4 is 32.9 Å². The van der Waals surface area contributed by atoms with Crippen LogP contribution in [0, 0.1) is 6.92 Å². The van der Waals surface area contributed by atoms with E-state index in [9.17, 15) is 0 Å². The van der Waals surface area contributed by atoms with E-state index in [-0.39, 0.29) is 17.0 Å². The summed E-state index contributed by atoms with van der Waals surface area (Å²) in [4.78, 5) is 0. The van der Waals surface area contributed by atoms with Crippen LogP contribution in [0.15, 0.2) is 40.9 Å². The van der Waals surface area contributed by atoms with E-state index in [1.165, 1.54) is 16.7 Å². The van der Waals surface area contributed by atoms with Crippen LogP contribution in [-0.4, -0.2) is 13.7 Å². The summed E-state index contributed by atoms with van der Waals surface area (Å²) in [5, 5.41) is 0. The molecule has 0 saturated heterocycles. The van der Waals surface area contributed by atoms with Crippen molar-refractivity contribution in [1.82, 2.24) is 0 Å². The van der Waals surface area contributed by atoms with Gasteiger partial charge in [-0.3, -0.25) is 0 Å². The maximum atomic E-state index is 5.46. The van der Waals surface area contributed by atoms with Crippen molar-refractivity contribution in [2.24, 2.45) is 0 Å². The molecule has 0 bridgehead atoms. The molecule has 2 aromatic carbocycles. The molecular formula is C17H20Br2O2. The highest BCUT2D eigenvalue weighted by Crippen LogP contribution is 2.29. The zero-order valence-corrected chi connectivity index (χ0v) is 15.8. The molecule has 0 atom stereocenters. The Morgan fingerprint density at radius 3 is 2.33 bits per heavy atom. The number of rotatable bonds is 5. The first-order chi connectivity index (χ1) is 9.63. The van der Waals surface area contributed by atoms with Gasteiger partial charge in [0, 0.05) is 0 Å². The quantitative estimate of drug-likeness (QED) is 0.656. The van der Waals surface area contributed by atoms with Crippen molar-refractivity contribution in [2.45, 2.75) is 20.3 Å². The average Bonchev–Trinajstić information content (AvgIpc) is 2.45. The van der Waals surface area contributed by atoms with Gasteiger partial charge in [-0.2, -0.15) is 0 Å². The van der Waals surface area contributed by atoms with Crippen molar-refractivity contribution in [3.05, 3.63) is 57.6 Å². The second kappa shape index (κ2) is 8.44. The molecule has 0 aromatic heterocycles. The molecule has 114 valence electrons. The molecule has 2 aromatic rings. The summed E-state index contributed by atoms with van der Waals surface area (Å²) < 4.78 is 11.8. The maximum Gasteiger partial charge on any atom is 0.133 e. The van der Waals surface area contributed by atoms with Gasteiger partial charge < -0.3 is 9.47 Å². The fourth-order valence-electron chi connectivity index (χ4n) is 2.13. The summed E-state index contributed by atoms with van der Waals surface area (Å²) in [7, 11) is 1.69. The second-order valence-corrected chi connectivity index (χ2v) is 5.52. The summed E-state index contributed by atoms with van der Waals surface area (Å²) in [6.45, 7) is 4.80. The molecule has 0 saturated carbocycles. The Kier molecular flexibility index (Phi) is 7.26. The number of hydrogen-bond acceptors (Lipinski definition) is 2. The number of hydrogen-bond donors (Lipinski definition) is 0. The van der Waals surface area contributed by atoms with E-state index in [1.807, 2.05) is 19.1 Å². The van der Waals surface area contributed by atoms with Gasteiger partial charge >= 0.3 is 0 Å². The molecule has 2 rings (SSSR count). The van der Waals surface area contributed by atoms with Crippen LogP contribution in [0.3, 0.4) is 0 Å². The molecule has 2 nitrogen and oxygen atoms in total. The van der Waals surface area contributed by atoms with Gasteiger partial charge in [-0.25, -0.2) is 0 Å². The van der Waals surface area contributed by atoms with Crippen LogP contribution in [0.2, 0.25) is 0 Å². The molecule has 0 aliphatic rings. The van der Waals surface area contributed by atoms with E-state index in [2.05, 4.69) is 47.1 Å². The highest BCUT2D eigenvalue weighted by molar-refractivity contribution is 9.10. The Balaban J connectivity index is 0.00000220. The monoisotopic (exact) mass is 414 g/mol. The van der Waals surface area contributed by atoms with Crippen LogP contribution in [-0.2, 0) is 6.42 Å². The number of halogens is 2. The molecule has 0 spiro atoms. The summed E-state index contributed by atoms with van der Waals surface area (Å²) in [6.07, 6.45) is 0.904. The normalized spacial score (nSPS) is 9.90. The van der Waals surface area contributed by atoms with Gasteiger partial charge in [0.1, 0.15) is 11.5 Å². The van der Waals surface area contributed by atoms with E-state index in [0.29, 0.717) is 6.61 Å². The predicted octanol–water partition coefficient (Wildman–Crippen LogP) is 5.33. The predicted molar refractivity (Wildman–Crippen MR) is 96.2 cm³/mol. The standard InChI is InChI=1S/C17H19BrO2.BrH/c1-4-20-15-7-5-13(6-8-15)10-14-11-16(18)17(19-3)9-12(14)2;/h5-9,11H,4,10H2,1-3H3;1H. The van der Waals surface area contributed by atoms with Crippen LogP contribution in [0.4, 0.5) is 0 Å². The Bertz CT molecular complexity index is 580. The van der Waals surface area contributed by atoms with Gasteiger partial charge in [0.25, 0.3) is 0 Å². The molecule has 21 heavy (non-hydrogen) atoms. The maximum absolute atomic E-state index is 5.46. The summed E-state index contributed by atoms with van der Waals surface area (Å²) in [5.74, 6) is 1.79. The lowest BCUT2D eigenvalue weighted by Gasteiger charge is -2.11.